The zero-order valence-electron chi connectivity index (χ0n) is 28.3. The molecule has 12 N–H and O–H groups in total. The molecule has 10 atom stereocenters. The molecule has 0 saturated carbocycles. The Morgan fingerprint density at radius 2 is 1.14 bits per heavy atom. The van der Waals surface area contributed by atoms with E-state index in [-0.39, 0.29) is 34.2 Å². The fraction of sp³-hybridized carbons (Fsp3) is 0.565. The molecule has 0 radical (unpaired) electrons. The molecule has 4 aromatic rings. The molecule has 33 heteroatoms. The van der Waals surface area contributed by atoms with Crippen LogP contribution in [-0.2, 0) is 54.8 Å². The van der Waals surface area contributed by atoms with Gasteiger partial charge in [0.2, 0.25) is 11.9 Å². The van der Waals surface area contributed by atoms with Gasteiger partial charge >= 0.3 is 23.5 Å². The quantitative estimate of drug-likeness (QED) is 0.0491. The third-order valence-electron chi connectivity index (χ3n) is 7.88. The minimum atomic E-state index is -5.42. The third-order valence-corrected chi connectivity index (χ3v) is 11.2. The number of phosphoric ester groups is 3. The summed E-state index contributed by atoms with van der Waals surface area (Å²) in [5.41, 5.74) is 8.98. The lowest BCUT2D eigenvalue weighted by molar-refractivity contribution is -0.140. The van der Waals surface area contributed by atoms with Crippen LogP contribution in [0.25, 0.3) is 22.3 Å². The molecule has 6 rings (SSSR count). The van der Waals surface area contributed by atoms with Crippen molar-refractivity contribution in [2.75, 3.05) is 38.9 Å². The third kappa shape index (κ3) is 8.62. The average molecular weight is 862 g/mol. The molecule has 0 aromatic carbocycles. The molecule has 2 unspecified atom stereocenters. The topological polar surface area (TPSA) is 435 Å². The van der Waals surface area contributed by atoms with Gasteiger partial charge in [-0.3, -0.25) is 60.4 Å². The Hall–Kier alpha value is -3.61. The maximum Gasteiger partial charge on any atom is 0.477 e. The van der Waals surface area contributed by atoms with Crippen LogP contribution >= 0.6 is 23.5 Å². The fourth-order valence-electron chi connectivity index (χ4n) is 5.31. The van der Waals surface area contributed by atoms with Crippen molar-refractivity contribution in [3.63, 3.8) is 0 Å². The fourth-order valence-corrected chi connectivity index (χ4v) is 7.88. The predicted molar refractivity (Wildman–Crippen MR) is 177 cm³/mol. The molecule has 2 fully saturated rings. The number of rotatable bonds is 16. The van der Waals surface area contributed by atoms with Gasteiger partial charge in [-0.25, -0.2) is 23.7 Å². The zero-order chi connectivity index (χ0) is 40.9. The second-order valence-corrected chi connectivity index (χ2v) is 16.2. The summed E-state index contributed by atoms with van der Waals surface area (Å²) >= 11 is 0. The van der Waals surface area contributed by atoms with Crippen LogP contribution in [-0.4, -0.2) is 140 Å². The van der Waals surface area contributed by atoms with Gasteiger partial charge in [0.25, 0.3) is 11.1 Å². The largest absolute Gasteiger partial charge is 0.477 e. The highest BCUT2D eigenvalue weighted by molar-refractivity contribution is 7.48. The van der Waals surface area contributed by atoms with Crippen LogP contribution in [0.1, 0.15) is 12.5 Å². The van der Waals surface area contributed by atoms with Gasteiger partial charge in [0.05, 0.1) is 25.9 Å². The number of hydrogen-bond donors (Lipinski definition) is 10. The number of nitrogens with zero attached hydrogens (tertiary/aromatic N) is 6. The number of imidazole rings is 2. The molecule has 2 aliphatic rings. The first-order valence-corrected chi connectivity index (χ1v) is 19.9. The van der Waals surface area contributed by atoms with Gasteiger partial charge in [0.1, 0.15) is 30.5 Å². The lowest BCUT2D eigenvalue weighted by Crippen LogP contribution is -2.33. The summed E-state index contributed by atoms with van der Waals surface area (Å²) in [6.07, 6.45) is -14.6. The molecule has 30 nitrogen and oxygen atoms in total. The molecular formula is C23H33N10O20P3. The molecule has 0 aliphatic carbocycles. The van der Waals surface area contributed by atoms with Crippen molar-refractivity contribution in [1.29, 1.82) is 0 Å². The van der Waals surface area contributed by atoms with E-state index >= 15 is 0 Å². The van der Waals surface area contributed by atoms with Crippen molar-refractivity contribution in [3.05, 3.63) is 33.4 Å². The van der Waals surface area contributed by atoms with Crippen LogP contribution in [0.4, 0.5) is 11.9 Å². The maximum absolute atomic E-state index is 13.4. The molecule has 2 saturated heterocycles. The normalized spacial score (nSPS) is 28.5. The number of nitrogens with one attached hydrogen (secondary N) is 2. The highest BCUT2D eigenvalue weighted by Gasteiger charge is 2.50. The van der Waals surface area contributed by atoms with Crippen LogP contribution < -0.4 is 22.6 Å². The van der Waals surface area contributed by atoms with Gasteiger partial charge in [0, 0.05) is 14.2 Å². The van der Waals surface area contributed by atoms with E-state index in [1.165, 1.54) is 0 Å². The summed E-state index contributed by atoms with van der Waals surface area (Å²) in [6, 6.07) is 0. The number of nitrogen functional groups attached to an aromatic ring is 2. The minimum absolute atomic E-state index is 0.165. The molecule has 310 valence electrons. The number of aliphatic hydroxyl groups is 4. The van der Waals surface area contributed by atoms with Crippen LogP contribution in [0.15, 0.2) is 22.2 Å². The molecule has 56 heavy (non-hydrogen) atoms. The van der Waals surface area contributed by atoms with Gasteiger partial charge in [-0.05, 0) is 0 Å². The molecule has 0 bridgehead atoms. The van der Waals surface area contributed by atoms with E-state index in [1.807, 2.05) is 0 Å². The van der Waals surface area contributed by atoms with E-state index in [0.29, 0.717) is 0 Å². The number of fused-ring (bicyclic) bond motifs is 2. The number of aromatic amines is 2. The highest BCUT2D eigenvalue weighted by atomic mass is 31.2. The molecular weight excluding hydrogens is 829 g/mol. The first kappa shape index (κ1) is 42.0. The Labute approximate surface area is 309 Å². The standard InChI is InChI=1S/C23H33N10O20P3/c1-45-55(43,52-20-12(36)10(34)18(49-20)32-5-26-8-14(32)28-22(24)30-16(8)38)47-3-7(51-54(40,41)42)4-48-56(44,46-2)53-21-13(37)11(35)19(50-21)33-6-27-9-15(33)29-23(25)31-17(9)39/h5-7,10-13,18-21,34-37H,3-4H2,1-2H3,(H2,40,41,42)(H3,24,28,30,38)(H3,25,29,31,39)/t7?,10-,11-,12+,13+,18-,19-,20-,21-,55?,56?/m1/s1. The number of ether oxygens (including phenoxy) is 2. The lowest BCUT2D eigenvalue weighted by Gasteiger charge is -2.25. The SMILES string of the molecule is COP(=O)(OCC(COP(=O)(OC)O[C@H]1O[C@@H](n2cnc3c(=O)[nH]c(N)nc32)[C@H](O)[C@@H]1O)OP(=O)(O)O)O[C@H]1O[C@@H](n2cnc3c(=O)[nH]c(N)nc32)[C@H](O)[C@@H]1O. The van der Waals surface area contributed by atoms with Crippen molar-refractivity contribution < 1.29 is 85.0 Å². The highest BCUT2D eigenvalue weighted by Crippen LogP contribution is 2.55. The minimum Gasteiger partial charge on any atom is -0.385 e. The van der Waals surface area contributed by atoms with Crippen LogP contribution in [0.2, 0.25) is 0 Å². The monoisotopic (exact) mass is 862 g/mol. The van der Waals surface area contributed by atoms with E-state index < -0.39 is 103 Å². The van der Waals surface area contributed by atoms with E-state index in [0.717, 1.165) is 36.0 Å². The van der Waals surface area contributed by atoms with E-state index in [2.05, 4.69) is 34.4 Å². The second kappa shape index (κ2) is 16.0. The molecule has 4 aromatic heterocycles. The van der Waals surface area contributed by atoms with Gasteiger partial charge in [-0.2, -0.15) is 9.97 Å². The molecule has 6 heterocycles. The Kier molecular flexibility index (Phi) is 12.0. The van der Waals surface area contributed by atoms with Gasteiger partial charge in [-0.1, -0.05) is 0 Å². The summed E-state index contributed by atoms with van der Waals surface area (Å²) in [6.45, 7) is -2.28. The number of aromatic nitrogens is 8. The molecule has 0 spiro atoms. The van der Waals surface area contributed by atoms with Crippen LogP contribution in [0, 0.1) is 0 Å². The zero-order valence-corrected chi connectivity index (χ0v) is 31.0. The Bertz CT molecular complexity index is 2180. The number of H-pyrrole nitrogens is 2. The lowest BCUT2D eigenvalue weighted by atomic mass is 10.2. The number of nitrogens with two attached hydrogens (primary N) is 2. The Morgan fingerprint density at radius 1 is 0.750 bits per heavy atom. The van der Waals surface area contributed by atoms with Gasteiger partial charge in [0.15, 0.2) is 47.4 Å². The van der Waals surface area contributed by atoms with Gasteiger partial charge in [-0.15, -0.1) is 0 Å². The summed E-state index contributed by atoms with van der Waals surface area (Å²) in [4.78, 5) is 63.3. The van der Waals surface area contributed by atoms with E-state index in [4.69, 9.17) is 48.1 Å². The predicted octanol–water partition coefficient (Wildman–Crippen LogP) is -3.38. The van der Waals surface area contributed by atoms with E-state index in [9.17, 15) is 53.5 Å². The van der Waals surface area contributed by atoms with Gasteiger partial charge < -0.3 is 51.2 Å². The number of aliphatic hydroxyl groups excluding tert-OH is 4. The van der Waals surface area contributed by atoms with E-state index in [1.54, 1.807) is 0 Å². The first-order valence-electron chi connectivity index (χ1n) is 15.4. The summed E-state index contributed by atoms with van der Waals surface area (Å²) < 4.78 is 86.4. The average Bonchev–Trinajstić information content (AvgIpc) is 3.88. The second-order valence-electron chi connectivity index (χ2n) is 11.6. The molecule has 2 aliphatic heterocycles. The first-order chi connectivity index (χ1) is 26.2. The van der Waals surface area contributed by atoms with Crippen molar-refractivity contribution >= 4 is 57.7 Å². The van der Waals surface area contributed by atoms with Crippen molar-refractivity contribution in [3.8, 4) is 0 Å². The van der Waals surface area contributed by atoms with Crippen LogP contribution in [0.5, 0.6) is 0 Å². The number of phosphoric acid groups is 3. The summed E-state index contributed by atoms with van der Waals surface area (Å²) in [7, 11) is -13.6. The smallest absolute Gasteiger partial charge is 0.385 e. The van der Waals surface area contributed by atoms with Crippen molar-refractivity contribution in [2.24, 2.45) is 0 Å². The molecule has 0 amide bonds. The summed E-state index contributed by atoms with van der Waals surface area (Å²) in [5.74, 6) is -0.626. The number of hydrogen-bond acceptors (Lipinski definition) is 24. The maximum atomic E-state index is 13.4. The Morgan fingerprint density at radius 3 is 1.50 bits per heavy atom. The number of anilines is 2. The van der Waals surface area contributed by atoms with Crippen molar-refractivity contribution in [2.45, 2.75) is 55.6 Å². The van der Waals surface area contributed by atoms with Crippen molar-refractivity contribution in [1.82, 2.24) is 39.0 Å². The Balaban J connectivity index is 1.11. The summed E-state index contributed by atoms with van der Waals surface area (Å²) in [5, 5.41) is 42.6. The van der Waals surface area contributed by atoms with Crippen LogP contribution in [0.3, 0.4) is 0 Å².